The molecule has 2 aromatic heterocycles. The molecule has 0 spiro atoms. The van der Waals surface area contributed by atoms with E-state index in [1.165, 1.54) is 21.7 Å². The molecule has 1 atom stereocenters. The van der Waals surface area contributed by atoms with Crippen molar-refractivity contribution >= 4 is 33.3 Å². The van der Waals surface area contributed by atoms with Gasteiger partial charge in [-0.15, -0.1) is 11.3 Å². The zero-order chi connectivity index (χ0) is 13.4. The number of quaternary nitrogens is 1. The SMILES string of the molecule is C[NH+]1CCc2c(sc3ncnc(NCC(=O)[O-])c23)C1. The highest BCUT2D eigenvalue weighted by Crippen LogP contribution is 2.34. The van der Waals surface area contributed by atoms with Gasteiger partial charge >= 0.3 is 0 Å². The minimum absolute atomic E-state index is 0.234. The van der Waals surface area contributed by atoms with Crippen molar-refractivity contribution in [2.24, 2.45) is 0 Å². The Hall–Kier alpha value is -1.73. The van der Waals surface area contributed by atoms with E-state index < -0.39 is 5.97 Å². The summed E-state index contributed by atoms with van der Waals surface area (Å²) in [5.41, 5.74) is 1.27. The van der Waals surface area contributed by atoms with Crippen molar-refractivity contribution < 1.29 is 14.8 Å². The van der Waals surface area contributed by atoms with Crippen molar-refractivity contribution in [3.63, 3.8) is 0 Å². The number of nitrogens with one attached hydrogen (secondary N) is 2. The Labute approximate surface area is 114 Å². The number of aromatic nitrogens is 2. The van der Waals surface area contributed by atoms with Gasteiger partial charge in [-0.25, -0.2) is 9.97 Å². The van der Waals surface area contributed by atoms with Gasteiger partial charge in [-0.2, -0.15) is 0 Å². The topological polar surface area (TPSA) is 82.4 Å². The van der Waals surface area contributed by atoms with Gasteiger partial charge in [0, 0.05) is 6.42 Å². The minimum Gasteiger partial charge on any atom is -0.548 e. The maximum atomic E-state index is 10.6. The van der Waals surface area contributed by atoms with Crippen LogP contribution in [0.3, 0.4) is 0 Å². The number of hydrogen-bond donors (Lipinski definition) is 2. The molecule has 0 aliphatic carbocycles. The van der Waals surface area contributed by atoms with Crippen LogP contribution < -0.4 is 15.3 Å². The van der Waals surface area contributed by atoms with E-state index in [-0.39, 0.29) is 6.54 Å². The normalized spacial score (nSPS) is 18.3. The molecule has 1 unspecified atom stereocenters. The van der Waals surface area contributed by atoms with Gasteiger partial charge in [-0.1, -0.05) is 0 Å². The highest BCUT2D eigenvalue weighted by atomic mass is 32.1. The number of carbonyl (C=O) groups is 1. The average Bonchev–Trinajstić information content (AvgIpc) is 2.73. The molecule has 2 N–H and O–H groups in total. The lowest BCUT2D eigenvalue weighted by Gasteiger charge is -2.19. The van der Waals surface area contributed by atoms with Crippen LogP contribution in [-0.2, 0) is 17.8 Å². The molecule has 3 rings (SSSR count). The fraction of sp³-hybridized carbons (Fsp3) is 0.417. The first-order valence-electron chi connectivity index (χ1n) is 6.15. The first-order chi connectivity index (χ1) is 9.15. The molecule has 1 aliphatic heterocycles. The largest absolute Gasteiger partial charge is 0.548 e. The summed E-state index contributed by atoms with van der Waals surface area (Å²) in [6.45, 7) is 1.84. The van der Waals surface area contributed by atoms with Crippen molar-refractivity contribution in [1.29, 1.82) is 0 Å². The van der Waals surface area contributed by atoms with Crippen LogP contribution in [0.1, 0.15) is 10.4 Å². The fourth-order valence-corrected chi connectivity index (χ4v) is 3.74. The molecule has 2 aromatic rings. The van der Waals surface area contributed by atoms with Gasteiger partial charge in [0.05, 0.1) is 36.4 Å². The van der Waals surface area contributed by atoms with Gasteiger partial charge in [-0.3, -0.25) is 0 Å². The Balaban J connectivity index is 2.06. The van der Waals surface area contributed by atoms with Crippen LogP contribution in [0.2, 0.25) is 0 Å². The summed E-state index contributed by atoms with van der Waals surface area (Å²) < 4.78 is 0. The number of carbonyl (C=O) groups excluding carboxylic acids is 1. The number of anilines is 1. The van der Waals surface area contributed by atoms with Crippen molar-refractivity contribution in [3.05, 3.63) is 16.8 Å². The molecule has 0 saturated heterocycles. The first-order valence-corrected chi connectivity index (χ1v) is 6.97. The van der Waals surface area contributed by atoms with Crippen LogP contribution in [0.15, 0.2) is 6.33 Å². The lowest BCUT2D eigenvalue weighted by molar-refractivity contribution is -0.895. The number of likely N-dealkylation sites (N-methyl/N-ethyl adjacent to an activating group) is 1. The third-order valence-corrected chi connectivity index (χ3v) is 4.48. The average molecular weight is 278 g/mol. The zero-order valence-corrected chi connectivity index (χ0v) is 11.3. The molecular weight excluding hydrogens is 264 g/mol. The molecule has 0 aromatic carbocycles. The summed E-state index contributed by atoms with van der Waals surface area (Å²) in [5, 5.41) is 14.4. The molecule has 0 saturated carbocycles. The highest BCUT2D eigenvalue weighted by Gasteiger charge is 2.23. The number of hydrogen-bond acceptors (Lipinski definition) is 6. The molecule has 6 nitrogen and oxygen atoms in total. The van der Waals surface area contributed by atoms with Crippen LogP contribution in [0.4, 0.5) is 5.82 Å². The van der Waals surface area contributed by atoms with Crippen LogP contribution in [0.25, 0.3) is 10.2 Å². The smallest absolute Gasteiger partial charge is 0.138 e. The third kappa shape index (κ3) is 2.26. The van der Waals surface area contributed by atoms with Crippen LogP contribution in [-0.4, -0.2) is 36.1 Å². The third-order valence-electron chi connectivity index (χ3n) is 3.34. The number of nitrogens with zero attached hydrogens (tertiary/aromatic N) is 2. The second-order valence-corrected chi connectivity index (χ2v) is 5.85. The van der Waals surface area contributed by atoms with Crippen LogP contribution >= 0.6 is 11.3 Å². The summed E-state index contributed by atoms with van der Waals surface area (Å²) in [6.07, 6.45) is 2.45. The number of carboxylic acids is 1. The summed E-state index contributed by atoms with van der Waals surface area (Å²) >= 11 is 1.68. The van der Waals surface area contributed by atoms with E-state index in [4.69, 9.17) is 0 Å². The van der Waals surface area contributed by atoms with Crippen molar-refractivity contribution in [3.8, 4) is 0 Å². The Kier molecular flexibility index (Phi) is 3.08. The van der Waals surface area contributed by atoms with Gasteiger partial charge < -0.3 is 20.1 Å². The number of thiophene rings is 1. The Morgan fingerprint density at radius 2 is 2.42 bits per heavy atom. The van der Waals surface area contributed by atoms with Gasteiger partial charge in [0.15, 0.2) is 0 Å². The minimum atomic E-state index is -1.14. The van der Waals surface area contributed by atoms with Gasteiger partial charge in [0.1, 0.15) is 23.5 Å². The lowest BCUT2D eigenvalue weighted by Crippen LogP contribution is -3.08. The molecule has 0 fully saturated rings. The summed E-state index contributed by atoms with van der Waals surface area (Å²) in [7, 11) is 2.17. The van der Waals surface area contributed by atoms with Gasteiger partial charge in [0.25, 0.3) is 0 Å². The van der Waals surface area contributed by atoms with Crippen molar-refractivity contribution in [2.45, 2.75) is 13.0 Å². The van der Waals surface area contributed by atoms with E-state index in [0.717, 1.165) is 29.7 Å². The fourth-order valence-electron chi connectivity index (χ4n) is 2.43. The van der Waals surface area contributed by atoms with Crippen LogP contribution in [0.5, 0.6) is 0 Å². The molecule has 7 heteroatoms. The summed E-state index contributed by atoms with van der Waals surface area (Å²) in [5.74, 6) is -0.536. The number of aliphatic carboxylic acids is 1. The molecular formula is C12H14N4O2S. The van der Waals surface area contributed by atoms with Gasteiger partial charge in [0.2, 0.25) is 0 Å². The Morgan fingerprint density at radius 3 is 3.21 bits per heavy atom. The van der Waals surface area contributed by atoms with E-state index in [1.807, 2.05) is 0 Å². The monoisotopic (exact) mass is 278 g/mol. The van der Waals surface area contributed by atoms with E-state index in [2.05, 4.69) is 22.3 Å². The molecule has 100 valence electrons. The van der Waals surface area contributed by atoms with E-state index in [0.29, 0.717) is 5.82 Å². The number of carboxylic acid groups (broad SMARTS) is 1. The summed E-state index contributed by atoms with van der Waals surface area (Å²) in [4.78, 5) is 22.8. The van der Waals surface area contributed by atoms with E-state index in [1.54, 1.807) is 11.3 Å². The van der Waals surface area contributed by atoms with E-state index >= 15 is 0 Å². The van der Waals surface area contributed by atoms with Gasteiger partial charge in [-0.05, 0) is 5.56 Å². The number of fused-ring (bicyclic) bond motifs is 3. The molecule has 1 aliphatic rings. The zero-order valence-electron chi connectivity index (χ0n) is 10.5. The Bertz CT molecular complexity index is 640. The maximum Gasteiger partial charge on any atom is 0.138 e. The predicted molar refractivity (Wildman–Crippen MR) is 70.1 cm³/mol. The molecule has 0 radical (unpaired) electrons. The molecule has 0 amide bonds. The van der Waals surface area contributed by atoms with E-state index in [9.17, 15) is 9.90 Å². The van der Waals surface area contributed by atoms with Crippen molar-refractivity contribution in [2.75, 3.05) is 25.5 Å². The van der Waals surface area contributed by atoms with Crippen molar-refractivity contribution in [1.82, 2.24) is 9.97 Å². The molecule has 3 heterocycles. The second kappa shape index (κ2) is 4.75. The number of rotatable bonds is 3. The lowest BCUT2D eigenvalue weighted by atomic mass is 10.1. The predicted octanol–water partition coefficient (Wildman–Crippen LogP) is -1.58. The van der Waals surface area contributed by atoms with Crippen LogP contribution in [0, 0.1) is 0 Å². The quantitative estimate of drug-likeness (QED) is 0.708. The standard InChI is InChI=1S/C12H14N4O2S/c1-16-3-2-7-8(5-16)19-12-10(7)11(14-6-15-12)13-4-9(17)18/h6H,2-5H2,1H3,(H,17,18)(H,13,14,15). The first kappa shape index (κ1) is 12.3. The molecule has 0 bridgehead atoms. The highest BCUT2D eigenvalue weighted by molar-refractivity contribution is 7.18. The maximum absolute atomic E-state index is 10.6. The molecule has 19 heavy (non-hydrogen) atoms. The Morgan fingerprint density at radius 1 is 1.58 bits per heavy atom. The second-order valence-electron chi connectivity index (χ2n) is 4.77. The summed E-state index contributed by atoms with van der Waals surface area (Å²) in [6, 6.07) is 0.